The van der Waals surface area contributed by atoms with Crippen molar-refractivity contribution in [2.45, 2.75) is 46.1 Å². The molecule has 0 spiro atoms. The van der Waals surface area contributed by atoms with Crippen LogP contribution in [0.15, 0.2) is 18.2 Å². The van der Waals surface area contributed by atoms with Gasteiger partial charge < -0.3 is 34.1 Å². The molecule has 0 bridgehead atoms. The number of carbonyl (C=O) groups excluding carboxylic acids is 4. The van der Waals surface area contributed by atoms with Crippen molar-refractivity contribution in [2.24, 2.45) is 0 Å². The summed E-state index contributed by atoms with van der Waals surface area (Å²) >= 11 is 0. The van der Waals surface area contributed by atoms with Gasteiger partial charge in [0, 0.05) is 46.4 Å². The molecule has 0 saturated heterocycles. The van der Waals surface area contributed by atoms with E-state index in [0.29, 0.717) is 25.0 Å². The molecule has 0 fully saturated rings. The van der Waals surface area contributed by atoms with E-state index >= 15 is 0 Å². The quantitative estimate of drug-likeness (QED) is 0.171. The highest BCUT2D eigenvalue weighted by Gasteiger charge is 2.17. The van der Waals surface area contributed by atoms with Gasteiger partial charge in [0.15, 0.2) is 17.3 Å². The molecule has 0 atom stereocenters. The maximum Gasteiger partial charge on any atom is 0.308 e. The van der Waals surface area contributed by atoms with Crippen molar-refractivity contribution in [3.8, 4) is 11.5 Å². The molecule has 35 heavy (non-hydrogen) atoms. The molecule has 0 aliphatic carbocycles. The Bertz CT molecular complexity index is 827. The van der Waals surface area contributed by atoms with Crippen LogP contribution in [0.4, 0.5) is 0 Å². The van der Waals surface area contributed by atoms with Crippen LogP contribution in [0.5, 0.6) is 11.5 Å². The number of esters is 2. The number of carbonyl (C=O) groups is 4. The monoisotopic (exact) mass is 497 g/mol. The summed E-state index contributed by atoms with van der Waals surface area (Å²) in [6.45, 7) is 3.08. The first-order chi connectivity index (χ1) is 16.8. The zero-order chi connectivity index (χ0) is 26.1. The molecule has 196 valence electrons. The minimum Gasteiger partial charge on any atom is -0.490 e. The fourth-order valence-corrected chi connectivity index (χ4v) is 2.91. The van der Waals surface area contributed by atoms with Gasteiger partial charge in [-0.1, -0.05) is 6.07 Å². The number of nitrogens with zero attached hydrogens (tertiary/aromatic N) is 1. The highest BCUT2D eigenvalue weighted by atomic mass is 16.6. The number of amides is 1. The van der Waals surface area contributed by atoms with Gasteiger partial charge in [-0.05, 0) is 30.5 Å². The molecule has 1 rings (SSSR count). The lowest BCUT2D eigenvalue weighted by molar-refractivity contribution is -0.142. The molecule has 1 aromatic rings. The molecule has 0 heterocycles. The molecule has 2 N–H and O–H groups in total. The second-order valence-electron chi connectivity index (χ2n) is 7.62. The highest BCUT2D eigenvalue weighted by Crippen LogP contribution is 2.29. The smallest absolute Gasteiger partial charge is 0.308 e. The van der Waals surface area contributed by atoms with Gasteiger partial charge in [0.1, 0.15) is 6.61 Å². The molecular formula is C24H35NO10. The van der Waals surface area contributed by atoms with E-state index in [1.165, 1.54) is 24.8 Å². The summed E-state index contributed by atoms with van der Waals surface area (Å²) in [7, 11) is 0. The van der Waals surface area contributed by atoms with E-state index in [1.807, 2.05) is 0 Å². The van der Waals surface area contributed by atoms with E-state index in [2.05, 4.69) is 0 Å². The third-order valence-corrected chi connectivity index (χ3v) is 4.56. The SMILES string of the molecule is CC(=O)OCc1ccc(OC(C)=O)c(OCCCC(=O)CN(CCOCCCO)C(=O)CCO)c1. The first-order valence-electron chi connectivity index (χ1n) is 11.4. The second kappa shape index (κ2) is 17.4. The van der Waals surface area contributed by atoms with Crippen LogP contribution in [0.1, 0.15) is 45.1 Å². The Morgan fingerprint density at radius 3 is 2.31 bits per heavy atom. The van der Waals surface area contributed by atoms with Gasteiger partial charge in [-0.15, -0.1) is 0 Å². The van der Waals surface area contributed by atoms with Gasteiger partial charge >= 0.3 is 11.9 Å². The number of Topliss-reactive ketones (excluding diaryl/α,β-unsaturated/α-hetero) is 1. The number of aliphatic hydroxyl groups excluding tert-OH is 2. The Morgan fingerprint density at radius 1 is 0.886 bits per heavy atom. The predicted molar refractivity (Wildman–Crippen MR) is 124 cm³/mol. The minimum atomic E-state index is -0.522. The normalized spacial score (nSPS) is 10.5. The molecule has 0 aromatic heterocycles. The summed E-state index contributed by atoms with van der Waals surface area (Å²) in [6.07, 6.45) is 0.886. The van der Waals surface area contributed by atoms with Gasteiger partial charge in [-0.3, -0.25) is 19.2 Å². The van der Waals surface area contributed by atoms with Crippen LogP contribution in [0.2, 0.25) is 0 Å². The molecule has 11 nitrogen and oxygen atoms in total. The van der Waals surface area contributed by atoms with Gasteiger partial charge in [-0.2, -0.15) is 0 Å². The number of aliphatic hydroxyl groups is 2. The minimum absolute atomic E-state index is 0.00652. The fraction of sp³-hybridized carbons (Fsp3) is 0.583. The second-order valence-corrected chi connectivity index (χ2v) is 7.62. The van der Waals surface area contributed by atoms with Crippen molar-refractivity contribution < 1.29 is 48.3 Å². The van der Waals surface area contributed by atoms with Crippen LogP contribution < -0.4 is 9.47 Å². The molecule has 1 aromatic carbocycles. The third-order valence-electron chi connectivity index (χ3n) is 4.56. The summed E-state index contributed by atoms with van der Waals surface area (Å²) in [5.41, 5.74) is 0.640. The van der Waals surface area contributed by atoms with Crippen molar-refractivity contribution in [1.82, 2.24) is 4.90 Å². The van der Waals surface area contributed by atoms with E-state index in [9.17, 15) is 19.2 Å². The number of hydrogen-bond donors (Lipinski definition) is 2. The first kappa shape index (κ1) is 30.0. The molecule has 0 unspecified atom stereocenters. The van der Waals surface area contributed by atoms with Crippen molar-refractivity contribution in [3.63, 3.8) is 0 Å². The molecular weight excluding hydrogens is 462 g/mol. The van der Waals surface area contributed by atoms with Crippen LogP contribution in [-0.4, -0.2) is 84.9 Å². The largest absolute Gasteiger partial charge is 0.490 e. The van der Waals surface area contributed by atoms with Crippen LogP contribution in [-0.2, 0) is 35.3 Å². The average Bonchev–Trinajstić information content (AvgIpc) is 2.80. The summed E-state index contributed by atoms with van der Waals surface area (Å²) < 4.78 is 21.1. The number of rotatable bonds is 18. The maximum absolute atomic E-state index is 12.4. The van der Waals surface area contributed by atoms with Crippen LogP contribution >= 0.6 is 0 Å². The van der Waals surface area contributed by atoms with E-state index in [4.69, 9.17) is 29.2 Å². The van der Waals surface area contributed by atoms with E-state index in [-0.39, 0.29) is 82.2 Å². The molecule has 1 amide bonds. The summed E-state index contributed by atoms with van der Waals surface area (Å²) in [6, 6.07) is 4.77. The molecule has 0 aliphatic heterocycles. The molecule has 11 heteroatoms. The van der Waals surface area contributed by atoms with Crippen LogP contribution in [0.3, 0.4) is 0 Å². The van der Waals surface area contributed by atoms with Gasteiger partial charge in [0.2, 0.25) is 5.91 Å². The highest BCUT2D eigenvalue weighted by molar-refractivity contribution is 5.86. The summed E-state index contributed by atoms with van der Waals surface area (Å²) in [5.74, 6) is -1.00. The third kappa shape index (κ3) is 13.5. The molecule has 0 radical (unpaired) electrons. The number of ketones is 1. The lowest BCUT2D eigenvalue weighted by Crippen LogP contribution is -2.38. The topological polar surface area (TPSA) is 149 Å². The van der Waals surface area contributed by atoms with Gasteiger partial charge in [0.25, 0.3) is 0 Å². The molecule has 0 saturated carbocycles. The van der Waals surface area contributed by atoms with E-state index < -0.39 is 11.9 Å². The summed E-state index contributed by atoms with van der Waals surface area (Å²) in [5, 5.41) is 17.8. The Kier molecular flexibility index (Phi) is 14.9. The van der Waals surface area contributed by atoms with Gasteiger partial charge in [-0.25, -0.2) is 0 Å². The van der Waals surface area contributed by atoms with Crippen LogP contribution in [0, 0.1) is 0 Å². The van der Waals surface area contributed by atoms with E-state index in [0.717, 1.165) is 0 Å². The predicted octanol–water partition coefficient (Wildman–Crippen LogP) is 1.01. The standard InChI is InChI=1S/C24H35NO10/c1-18(28)34-17-20-6-7-22(35-19(2)29)23(15-20)33-13-3-5-21(30)16-25(24(31)8-11-27)9-14-32-12-4-10-26/h6-7,15,26-27H,3-5,8-14,16-17H2,1-2H3. The Balaban J connectivity index is 2.60. The Hall–Kier alpha value is -3.02. The average molecular weight is 498 g/mol. The number of ether oxygens (including phenoxy) is 4. The summed E-state index contributed by atoms with van der Waals surface area (Å²) in [4.78, 5) is 48.3. The zero-order valence-corrected chi connectivity index (χ0v) is 20.3. The number of hydrogen-bond acceptors (Lipinski definition) is 10. The van der Waals surface area contributed by atoms with Crippen molar-refractivity contribution in [3.05, 3.63) is 23.8 Å². The molecule has 0 aliphatic rings. The maximum atomic E-state index is 12.4. The lowest BCUT2D eigenvalue weighted by atomic mass is 10.2. The van der Waals surface area contributed by atoms with E-state index in [1.54, 1.807) is 12.1 Å². The van der Waals surface area contributed by atoms with Crippen molar-refractivity contribution >= 4 is 23.6 Å². The van der Waals surface area contributed by atoms with Crippen molar-refractivity contribution in [2.75, 3.05) is 46.1 Å². The Labute approximate surface area is 204 Å². The van der Waals surface area contributed by atoms with Gasteiger partial charge in [0.05, 0.1) is 26.4 Å². The fourth-order valence-electron chi connectivity index (χ4n) is 2.91. The van der Waals surface area contributed by atoms with Crippen LogP contribution in [0.25, 0.3) is 0 Å². The zero-order valence-electron chi connectivity index (χ0n) is 20.3. The lowest BCUT2D eigenvalue weighted by Gasteiger charge is -2.22. The van der Waals surface area contributed by atoms with Crippen molar-refractivity contribution in [1.29, 1.82) is 0 Å². The number of benzene rings is 1. The first-order valence-corrected chi connectivity index (χ1v) is 11.4. The Morgan fingerprint density at radius 2 is 1.66 bits per heavy atom.